The van der Waals surface area contributed by atoms with Crippen LogP contribution in [-0.4, -0.2) is 9.97 Å². The second-order valence-corrected chi connectivity index (χ2v) is 14.8. The molecule has 260 valence electrons. The van der Waals surface area contributed by atoms with Crippen molar-refractivity contribution in [3.63, 3.8) is 0 Å². The average molecular weight is 713 g/mol. The van der Waals surface area contributed by atoms with Gasteiger partial charge < -0.3 is 4.42 Å². The largest absolute Gasteiger partial charge is 0.455 e. The normalized spacial score (nSPS) is 13.1. The van der Waals surface area contributed by atoms with E-state index in [2.05, 4.69) is 176 Å². The first kappa shape index (κ1) is 31.0. The Morgan fingerprint density at radius 1 is 0.339 bits per heavy atom. The second kappa shape index (κ2) is 11.8. The lowest BCUT2D eigenvalue weighted by atomic mass is 9.66. The van der Waals surface area contributed by atoms with Gasteiger partial charge in [-0.2, -0.15) is 0 Å². The summed E-state index contributed by atoms with van der Waals surface area (Å²) < 4.78 is 6.54. The highest BCUT2D eigenvalue weighted by molar-refractivity contribution is 6.09. The third-order valence-electron chi connectivity index (χ3n) is 11.9. The number of hydrogen-bond donors (Lipinski definition) is 0. The molecule has 56 heavy (non-hydrogen) atoms. The lowest BCUT2D eigenvalue weighted by Gasteiger charge is -2.35. The van der Waals surface area contributed by atoms with Gasteiger partial charge in [-0.15, -0.1) is 0 Å². The molecule has 2 heterocycles. The Labute approximate surface area is 324 Å². The first-order chi connectivity index (χ1) is 27.8. The molecule has 0 unspecified atom stereocenters. The Morgan fingerprint density at radius 2 is 0.857 bits per heavy atom. The van der Waals surface area contributed by atoms with Crippen molar-refractivity contribution in [2.75, 3.05) is 0 Å². The maximum absolute atomic E-state index is 6.54. The van der Waals surface area contributed by atoms with E-state index >= 15 is 0 Å². The van der Waals surface area contributed by atoms with E-state index in [1.165, 1.54) is 55.6 Å². The number of aromatic nitrogens is 2. The molecule has 2 aliphatic rings. The summed E-state index contributed by atoms with van der Waals surface area (Å²) in [5.74, 6) is 0.665. The molecule has 8 aromatic carbocycles. The van der Waals surface area contributed by atoms with Gasteiger partial charge in [0, 0.05) is 27.5 Å². The zero-order chi connectivity index (χ0) is 36.8. The molecule has 12 rings (SSSR count). The molecule has 0 N–H and O–H groups in total. The summed E-state index contributed by atoms with van der Waals surface area (Å²) >= 11 is 0. The zero-order valence-electron chi connectivity index (χ0n) is 30.3. The van der Waals surface area contributed by atoms with Crippen molar-refractivity contribution in [1.82, 2.24) is 9.97 Å². The molecule has 10 aromatic rings. The first-order valence-corrected chi connectivity index (χ1v) is 19.2. The monoisotopic (exact) mass is 712 g/mol. The van der Waals surface area contributed by atoms with E-state index < -0.39 is 5.41 Å². The van der Waals surface area contributed by atoms with Crippen LogP contribution >= 0.6 is 0 Å². The van der Waals surface area contributed by atoms with E-state index in [-0.39, 0.29) is 0 Å². The van der Waals surface area contributed by atoms with Crippen molar-refractivity contribution >= 4 is 21.9 Å². The lowest BCUT2D eigenvalue weighted by Crippen LogP contribution is -2.29. The topological polar surface area (TPSA) is 38.9 Å². The van der Waals surface area contributed by atoms with Crippen molar-refractivity contribution < 1.29 is 4.42 Å². The Kier molecular flexibility index (Phi) is 6.55. The lowest BCUT2D eigenvalue weighted by molar-refractivity contribution is 0.670. The first-order valence-electron chi connectivity index (χ1n) is 19.2. The van der Waals surface area contributed by atoms with Gasteiger partial charge >= 0.3 is 0 Å². The van der Waals surface area contributed by atoms with E-state index in [0.717, 1.165) is 50.0 Å². The summed E-state index contributed by atoms with van der Waals surface area (Å²) in [6.07, 6.45) is 0. The van der Waals surface area contributed by atoms with Crippen LogP contribution in [0.2, 0.25) is 0 Å². The van der Waals surface area contributed by atoms with Crippen LogP contribution in [-0.2, 0) is 5.41 Å². The van der Waals surface area contributed by atoms with Crippen LogP contribution in [0.15, 0.2) is 199 Å². The molecular weight excluding hydrogens is 681 g/mol. The van der Waals surface area contributed by atoms with Gasteiger partial charge in [0.15, 0.2) is 5.82 Å². The predicted octanol–water partition coefficient (Wildman–Crippen LogP) is 13.4. The van der Waals surface area contributed by atoms with E-state index in [1.807, 2.05) is 18.2 Å². The molecule has 0 fully saturated rings. The van der Waals surface area contributed by atoms with Crippen molar-refractivity contribution in [3.05, 3.63) is 216 Å². The number of para-hydroxylation sites is 2. The van der Waals surface area contributed by atoms with Crippen LogP contribution in [0.4, 0.5) is 0 Å². The Hall–Kier alpha value is -7.36. The molecule has 2 aromatic heterocycles. The van der Waals surface area contributed by atoms with Gasteiger partial charge in [-0.05, 0) is 79.9 Å². The molecule has 0 bridgehead atoms. The minimum atomic E-state index is -0.536. The molecule has 3 heteroatoms. The number of furan rings is 1. The van der Waals surface area contributed by atoms with E-state index in [1.54, 1.807) is 0 Å². The number of fused-ring (bicyclic) bond motifs is 15. The third-order valence-corrected chi connectivity index (χ3v) is 11.9. The molecule has 0 saturated carbocycles. The van der Waals surface area contributed by atoms with Gasteiger partial charge in [0.05, 0.1) is 16.8 Å². The van der Waals surface area contributed by atoms with Crippen molar-refractivity contribution in [1.29, 1.82) is 0 Å². The minimum absolute atomic E-state index is 0.536. The second-order valence-electron chi connectivity index (χ2n) is 14.8. The van der Waals surface area contributed by atoms with Gasteiger partial charge in [0.2, 0.25) is 0 Å². The molecule has 0 amide bonds. The molecule has 0 radical (unpaired) electrons. The molecule has 0 aliphatic heterocycles. The fraction of sp³-hybridized carbons (Fsp3) is 0.0189. The van der Waals surface area contributed by atoms with Gasteiger partial charge in [0.25, 0.3) is 0 Å². The standard InChI is InChI=1S/C53H32N2O/c1-2-15-33(16-3-1)48-32-49(42-24-14-23-41-40-22-9-13-28-50(40)56-51(41)42)55-52(54-48)34-29-30-47-43(31-34)36-18-5-4-17-35(36)37-19-6-10-25-44(37)53(47)45-26-11-7-20-38(45)39-21-8-12-27-46(39)53/h1-32H. The van der Waals surface area contributed by atoms with Crippen molar-refractivity contribution in [2.24, 2.45) is 0 Å². The number of rotatable bonds is 3. The van der Waals surface area contributed by atoms with Crippen LogP contribution < -0.4 is 0 Å². The number of nitrogens with zero attached hydrogens (tertiary/aromatic N) is 2. The molecule has 2 aliphatic carbocycles. The number of benzene rings is 8. The minimum Gasteiger partial charge on any atom is -0.455 e. The van der Waals surface area contributed by atoms with Crippen LogP contribution in [0.25, 0.3) is 89.2 Å². The number of hydrogen-bond acceptors (Lipinski definition) is 3. The molecular formula is C53H32N2O. The maximum Gasteiger partial charge on any atom is 0.160 e. The van der Waals surface area contributed by atoms with Crippen LogP contribution in [0, 0.1) is 0 Å². The predicted molar refractivity (Wildman–Crippen MR) is 227 cm³/mol. The maximum atomic E-state index is 6.54. The SMILES string of the molecule is c1ccc(-c2cc(-c3cccc4c3oc3ccccc34)nc(-c3ccc4c(c3)-c3ccccc3-c3ccccc3C43c4ccccc4-c4ccccc43)n2)cc1. The van der Waals surface area contributed by atoms with Gasteiger partial charge in [-0.3, -0.25) is 0 Å². The summed E-state index contributed by atoms with van der Waals surface area (Å²) in [7, 11) is 0. The Balaban J connectivity index is 1.15. The molecule has 3 nitrogen and oxygen atoms in total. The summed E-state index contributed by atoms with van der Waals surface area (Å²) in [4.78, 5) is 10.7. The smallest absolute Gasteiger partial charge is 0.160 e. The Morgan fingerprint density at radius 3 is 1.57 bits per heavy atom. The van der Waals surface area contributed by atoms with Crippen molar-refractivity contribution in [3.8, 4) is 67.3 Å². The summed E-state index contributed by atoms with van der Waals surface area (Å²) in [5.41, 5.74) is 18.3. The third kappa shape index (κ3) is 4.28. The Bertz CT molecular complexity index is 3170. The van der Waals surface area contributed by atoms with Crippen molar-refractivity contribution in [2.45, 2.75) is 5.41 Å². The van der Waals surface area contributed by atoms with Crippen LogP contribution in [0.3, 0.4) is 0 Å². The zero-order valence-corrected chi connectivity index (χ0v) is 30.3. The molecule has 0 atom stereocenters. The molecule has 0 saturated heterocycles. The highest BCUT2D eigenvalue weighted by Crippen LogP contribution is 2.61. The van der Waals surface area contributed by atoms with Crippen LogP contribution in [0.1, 0.15) is 22.3 Å². The summed E-state index contributed by atoms with van der Waals surface area (Å²) in [6.45, 7) is 0. The van der Waals surface area contributed by atoms with Gasteiger partial charge in [-0.25, -0.2) is 9.97 Å². The van der Waals surface area contributed by atoms with E-state index in [9.17, 15) is 0 Å². The quantitative estimate of drug-likeness (QED) is 0.183. The van der Waals surface area contributed by atoms with E-state index in [4.69, 9.17) is 14.4 Å². The van der Waals surface area contributed by atoms with Crippen LogP contribution in [0.5, 0.6) is 0 Å². The summed E-state index contributed by atoms with van der Waals surface area (Å²) in [6, 6.07) is 69.7. The van der Waals surface area contributed by atoms with Gasteiger partial charge in [0.1, 0.15) is 11.2 Å². The molecule has 1 spiro atoms. The van der Waals surface area contributed by atoms with E-state index in [0.29, 0.717) is 5.82 Å². The summed E-state index contributed by atoms with van der Waals surface area (Å²) in [5, 5.41) is 2.17. The fourth-order valence-corrected chi connectivity index (χ4v) is 9.61. The average Bonchev–Trinajstić information content (AvgIpc) is 3.77. The highest BCUT2D eigenvalue weighted by Gasteiger charge is 2.49. The highest BCUT2D eigenvalue weighted by atomic mass is 16.3. The fourth-order valence-electron chi connectivity index (χ4n) is 9.61. The van der Waals surface area contributed by atoms with Gasteiger partial charge in [-0.1, -0.05) is 170 Å².